The lowest BCUT2D eigenvalue weighted by atomic mass is 10.0. The SMILES string of the molecule is CS(=O)(=O)N(CCN1CCN(c2ccc(Nc3ccnc4ccc(-c5ccccc5)cc34)cc2)CC1)S(C)(=O)=O. The van der Waals surface area contributed by atoms with E-state index < -0.39 is 20.0 Å². The number of aromatic nitrogens is 1. The van der Waals surface area contributed by atoms with Crippen LogP contribution in [0.25, 0.3) is 22.0 Å². The van der Waals surface area contributed by atoms with Crippen molar-refractivity contribution in [3.63, 3.8) is 0 Å². The fraction of sp³-hybridized carbons (Fsp3) is 0.276. The summed E-state index contributed by atoms with van der Waals surface area (Å²) in [6.07, 6.45) is 3.65. The van der Waals surface area contributed by atoms with Crippen LogP contribution in [0.3, 0.4) is 0 Å². The first-order valence-corrected chi connectivity index (χ1v) is 16.7. The molecular formula is C29H33N5O4S2. The number of nitrogens with zero attached hydrogens (tertiary/aromatic N) is 4. The second-order valence-electron chi connectivity index (χ2n) is 9.98. The Morgan fingerprint density at radius 2 is 1.48 bits per heavy atom. The number of hydrogen-bond acceptors (Lipinski definition) is 8. The van der Waals surface area contributed by atoms with Crippen molar-refractivity contribution in [2.24, 2.45) is 0 Å². The Morgan fingerprint density at radius 3 is 2.12 bits per heavy atom. The van der Waals surface area contributed by atoms with Gasteiger partial charge in [0.25, 0.3) is 0 Å². The third kappa shape index (κ3) is 6.61. The molecule has 210 valence electrons. The van der Waals surface area contributed by atoms with Crippen LogP contribution in [0.1, 0.15) is 0 Å². The fourth-order valence-electron chi connectivity index (χ4n) is 5.01. The van der Waals surface area contributed by atoms with Crippen LogP contribution in [0.5, 0.6) is 0 Å². The van der Waals surface area contributed by atoms with Gasteiger partial charge in [-0.05, 0) is 53.6 Å². The summed E-state index contributed by atoms with van der Waals surface area (Å²) in [5, 5.41) is 4.60. The molecule has 4 aromatic rings. The Bertz CT molecular complexity index is 1660. The molecule has 3 aromatic carbocycles. The molecule has 40 heavy (non-hydrogen) atoms. The molecule has 2 heterocycles. The van der Waals surface area contributed by atoms with Crippen LogP contribution in [-0.2, 0) is 20.0 Å². The number of nitrogens with one attached hydrogen (secondary N) is 1. The average Bonchev–Trinajstić information content (AvgIpc) is 2.93. The number of fused-ring (bicyclic) bond motifs is 1. The standard InChI is InChI=1S/C29H33N5O4S2/c1-39(35,36)34(40(2,37)38)21-18-32-16-19-33(20-17-32)26-11-9-25(10-12-26)31-29-14-15-30-28-13-8-24(22-27(28)29)23-6-4-3-5-7-23/h3-15,22H,16-21H2,1-2H3,(H,30,31). The highest BCUT2D eigenvalue weighted by Gasteiger charge is 2.28. The van der Waals surface area contributed by atoms with Crippen LogP contribution in [0.15, 0.2) is 85.1 Å². The van der Waals surface area contributed by atoms with Crippen molar-refractivity contribution in [1.29, 1.82) is 0 Å². The van der Waals surface area contributed by atoms with Gasteiger partial charge in [0.05, 0.1) is 18.0 Å². The van der Waals surface area contributed by atoms with Gasteiger partial charge in [-0.25, -0.2) is 16.8 Å². The fourth-order valence-corrected chi connectivity index (χ4v) is 7.80. The number of anilines is 3. The average molecular weight is 580 g/mol. The zero-order valence-electron chi connectivity index (χ0n) is 22.6. The van der Waals surface area contributed by atoms with Crippen molar-refractivity contribution >= 4 is 48.0 Å². The highest BCUT2D eigenvalue weighted by molar-refractivity contribution is 8.03. The van der Waals surface area contributed by atoms with Crippen LogP contribution in [0.4, 0.5) is 17.1 Å². The van der Waals surface area contributed by atoms with Crippen molar-refractivity contribution in [3.05, 3.63) is 85.1 Å². The van der Waals surface area contributed by atoms with Crippen LogP contribution >= 0.6 is 0 Å². The van der Waals surface area contributed by atoms with E-state index in [1.54, 1.807) is 0 Å². The van der Waals surface area contributed by atoms with Crippen molar-refractivity contribution in [2.45, 2.75) is 0 Å². The van der Waals surface area contributed by atoms with E-state index in [0.717, 1.165) is 64.7 Å². The van der Waals surface area contributed by atoms with Gasteiger partial charge in [-0.2, -0.15) is 0 Å². The Balaban J connectivity index is 1.22. The molecule has 0 aliphatic carbocycles. The summed E-state index contributed by atoms with van der Waals surface area (Å²) in [6, 6.07) is 26.9. The van der Waals surface area contributed by atoms with Crippen molar-refractivity contribution in [3.8, 4) is 11.1 Å². The van der Waals surface area contributed by atoms with E-state index in [9.17, 15) is 16.8 Å². The topological polar surface area (TPSA) is 103 Å². The Labute approximate surface area is 236 Å². The van der Waals surface area contributed by atoms with Gasteiger partial charge in [-0.1, -0.05) is 40.1 Å². The van der Waals surface area contributed by atoms with Crippen molar-refractivity contribution < 1.29 is 16.8 Å². The highest BCUT2D eigenvalue weighted by Crippen LogP contribution is 2.30. The van der Waals surface area contributed by atoms with Gasteiger partial charge in [0.15, 0.2) is 0 Å². The minimum absolute atomic E-state index is 0.0748. The van der Waals surface area contributed by atoms with Gasteiger partial charge in [-0.15, -0.1) is 0 Å². The molecule has 1 aliphatic heterocycles. The Hall–Kier alpha value is -3.51. The summed E-state index contributed by atoms with van der Waals surface area (Å²) in [7, 11) is -7.66. The van der Waals surface area contributed by atoms with E-state index in [4.69, 9.17) is 0 Å². The molecule has 0 spiro atoms. The molecule has 0 bridgehead atoms. The summed E-state index contributed by atoms with van der Waals surface area (Å²) < 4.78 is 48.1. The predicted octanol–water partition coefficient (Wildman–Crippen LogP) is 3.99. The molecule has 1 aliphatic rings. The lowest BCUT2D eigenvalue weighted by Crippen LogP contribution is -2.49. The third-order valence-corrected chi connectivity index (χ3v) is 10.5. The molecule has 0 atom stereocenters. The maximum Gasteiger partial charge on any atom is 0.224 e. The summed E-state index contributed by atoms with van der Waals surface area (Å²) in [4.78, 5) is 8.90. The summed E-state index contributed by atoms with van der Waals surface area (Å²) in [5.74, 6) is 0. The number of rotatable bonds is 9. The Morgan fingerprint density at radius 1 is 0.800 bits per heavy atom. The minimum atomic E-state index is -3.83. The molecule has 11 heteroatoms. The van der Waals surface area contributed by atoms with Gasteiger partial charge < -0.3 is 10.2 Å². The maximum atomic E-state index is 11.9. The molecule has 0 radical (unpaired) electrons. The Kier molecular flexibility index (Phi) is 8.09. The minimum Gasteiger partial charge on any atom is -0.369 e. The smallest absolute Gasteiger partial charge is 0.224 e. The third-order valence-electron chi connectivity index (χ3n) is 7.07. The number of hydrogen-bond donors (Lipinski definition) is 1. The van der Waals surface area contributed by atoms with Gasteiger partial charge in [-0.3, -0.25) is 9.88 Å². The molecule has 9 nitrogen and oxygen atoms in total. The van der Waals surface area contributed by atoms with Crippen LogP contribution < -0.4 is 10.2 Å². The van der Waals surface area contributed by atoms with E-state index in [1.807, 2.05) is 36.5 Å². The second-order valence-corrected chi connectivity index (χ2v) is 14.0. The van der Waals surface area contributed by atoms with E-state index in [2.05, 4.69) is 68.6 Å². The molecule has 0 saturated carbocycles. The monoisotopic (exact) mass is 579 g/mol. The number of piperazine rings is 1. The number of sulfonamides is 2. The molecule has 1 saturated heterocycles. The summed E-state index contributed by atoms with van der Waals surface area (Å²) in [6.45, 7) is 3.25. The molecule has 0 amide bonds. The lowest BCUT2D eigenvalue weighted by molar-refractivity contribution is 0.252. The number of benzene rings is 3. The van der Waals surface area contributed by atoms with Crippen LogP contribution in [-0.4, -0.2) is 82.2 Å². The van der Waals surface area contributed by atoms with E-state index >= 15 is 0 Å². The zero-order chi connectivity index (χ0) is 28.3. The van der Waals surface area contributed by atoms with E-state index in [-0.39, 0.29) is 6.54 Å². The quantitative estimate of drug-likeness (QED) is 0.318. The van der Waals surface area contributed by atoms with Crippen LogP contribution in [0.2, 0.25) is 0 Å². The molecule has 1 N–H and O–H groups in total. The van der Waals surface area contributed by atoms with Gasteiger partial charge in [0.2, 0.25) is 20.0 Å². The molecular weight excluding hydrogens is 546 g/mol. The van der Waals surface area contributed by atoms with E-state index in [0.29, 0.717) is 23.3 Å². The summed E-state index contributed by atoms with van der Waals surface area (Å²) in [5.41, 5.74) is 6.29. The van der Waals surface area contributed by atoms with Gasteiger partial charge in [0, 0.05) is 67.9 Å². The van der Waals surface area contributed by atoms with E-state index in [1.165, 1.54) is 0 Å². The van der Waals surface area contributed by atoms with Gasteiger partial charge in [0.1, 0.15) is 0 Å². The summed E-state index contributed by atoms with van der Waals surface area (Å²) >= 11 is 0. The first kappa shape index (κ1) is 28.0. The first-order chi connectivity index (χ1) is 19.1. The molecule has 1 fully saturated rings. The molecule has 0 unspecified atom stereocenters. The normalized spacial score (nSPS) is 15.0. The molecule has 1 aromatic heterocycles. The lowest BCUT2D eigenvalue weighted by Gasteiger charge is -2.36. The first-order valence-electron chi connectivity index (χ1n) is 13.0. The van der Waals surface area contributed by atoms with Crippen LogP contribution in [0, 0.1) is 0 Å². The van der Waals surface area contributed by atoms with Gasteiger partial charge >= 0.3 is 0 Å². The maximum absolute atomic E-state index is 11.9. The second kappa shape index (κ2) is 11.5. The predicted molar refractivity (Wildman–Crippen MR) is 162 cm³/mol. The van der Waals surface area contributed by atoms with Crippen molar-refractivity contribution in [2.75, 3.05) is 62.0 Å². The zero-order valence-corrected chi connectivity index (χ0v) is 24.2. The highest BCUT2D eigenvalue weighted by atomic mass is 32.3. The molecule has 5 rings (SSSR count). The number of pyridine rings is 1. The van der Waals surface area contributed by atoms with Crippen molar-refractivity contribution in [1.82, 2.24) is 13.6 Å². The largest absolute Gasteiger partial charge is 0.369 e.